The Bertz CT molecular complexity index is 900. The van der Waals surface area contributed by atoms with Gasteiger partial charge < -0.3 is 10.4 Å². The van der Waals surface area contributed by atoms with E-state index in [1.165, 1.54) is 12.2 Å². The number of nitriles is 1. The minimum absolute atomic E-state index is 0.000691. The molecule has 0 aliphatic heterocycles. The molecule has 9 heteroatoms. The highest BCUT2D eigenvalue weighted by Gasteiger charge is 2.41. The SMILES string of the molecule is N#CC(c1ccc(Cl)cc1)C1C=Cc2c([nH]o[n+]2=O)C1=[N+]([O-])[O-]. The second kappa shape index (κ2) is 5.62. The maximum Gasteiger partial charge on any atom is 0.288 e. The Balaban J connectivity index is 2.12. The van der Waals surface area contributed by atoms with E-state index in [9.17, 15) is 20.6 Å². The van der Waals surface area contributed by atoms with Crippen LogP contribution in [0.4, 0.5) is 0 Å². The van der Waals surface area contributed by atoms with Gasteiger partial charge in [-0.2, -0.15) is 10.2 Å². The third kappa shape index (κ3) is 2.47. The number of allylic oxidation sites excluding steroid dienone is 1. The molecule has 1 aliphatic carbocycles. The molecule has 1 heterocycles. The Morgan fingerprint density at radius 1 is 1.39 bits per heavy atom. The minimum Gasteiger partial charge on any atom is -0.612 e. The fourth-order valence-electron chi connectivity index (χ4n) is 2.57. The number of aromatic amines is 1. The summed E-state index contributed by atoms with van der Waals surface area (Å²) in [5.41, 5.74) is 0.266. The molecule has 0 fully saturated rings. The van der Waals surface area contributed by atoms with Crippen molar-refractivity contribution in [3.05, 3.63) is 67.6 Å². The first-order valence-electron chi connectivity index (χ1n) is 6.52. The first-order chi connectivity index (χ1) is 11.0. The van der Waals surface area contributed by atoms with Crippen LogP contribution in [0, 0.1) is 32.6 Å². The lowest BCUT2D eigenvalue weighted by Gasteiger charge is -2.21. The number of benzene rings is 1. The quantitative estimate of drug-likeness (QED) is 0.664. The smallest absolute Gasteiger partial charge is 0.288 e. The molecule has 116 valence electrons. The molecule has 8 nitrogen and oxygen atoms in total. The highest BCUT2D eigenvalue weighted by molar-refractivity contribution is 6.30. The predicted molar refractivity (Wildman–Crippen MR) is 79.9 cm³/mol. The number of nitrogens with one attached hydrogen (secondary N) is 1. The fraction of sp³-hybridized carbons (Fsp3) is 0.143. The van der Waals surface area contributed by atoms with Gasteiger partial charge in [-0.25, -0.2) is 0 Å². The average molecular weight is 333 g/mol. The number of aromatic nitrogens is 2. The van der Waals surface area contributed by atoms with Gasteiger partial charge in [0.15, 0.2) is 4.60 Å². The van der Waals surface area contributed by atoms with Gasteiger partial charge in [0.05, 0.1) is 17.9 Å². The maximum absolute atomic E-state index is 11.5. The fourth-order valence-corrected chi connectivity index (χ4v) is 2.70. The zero-order valence-electron chi connectivity index (χ0n) is 11.5. The molecule has 1 aromatic carbocycles. The van der Waals surface area contributed by atoms with E-state index < -0.39 is 16.7 Å². The second-order valence-electron chi connectivity index (χ2n) is 4.90. The summed E-state index contributed by atoms with van der Waals surface area (Å²) >= 11 is 5.83. The van der Waals surface area contributed by atoms with Crippen LogP contribution in [0.1, 0.15) is 22.9 Å². The highest BCUT2D eigenvalue weighted by atomic mass is 35.5. The zero-order valence-corrected chi connectivity index (χ0v) is 12.2. The van der Waals surface area contributed by atoms with E-state index in [4.69, 9.17) is 11.6 Å². The van der Waals surface area contributed by atoms with Crippen LogP contribution in [-0.2, 0) is 0 Å². The summed E-state index contributed by atoms with van der Waals surface area (Å²) < 4.78 is 4.69. The third-order valence-corrected chi connectivity index (χ3v) is 3.89. The van der Waals surface area contributed by atoms with Crippen LogP contribution in [0.2, 0.25) is 5.02 Å². The number of hydrogen-bond donors (Lipinski definition) is 1. The van der Waals surface area contributed by atoms with E-state index >= 15 is 0 Å². The van der Waals surface area contributed by atoms with Crippen molar-refractivity contribution in [3.63, 3.8) is 0 Å². The number of nitrogens with zero attached hydrogens (tertiary/aromatic N) is 3. The van der Waals surface area contributed by atoms with Crippen LogP contribution >= 0.6 is 11.6 Å². The molecule has 0 bridgehead atoms. The molecule has 1 N–H and O–H groups in total. The molecule has 0 amide bonds. The van der Waals surface area contributed by atoms with Gasteiger partial charge in [0.25, 0.3) is 17.1 Å². The van der Waals surface area contributed by atoms with Crippen molar-refractivity contribution < 1.29 is 14.1 Å². The summed E-state index contributed by atoms with van der Waals surface area (Å²) in [7, 11) is 0. The van der Waals surface area contributed by atoms with E-state index in [2.05, 4.69) is 15.9 Å². The van der Waals surface area contributed by atoms with Crippen molar-refractivity contribution in [3.8, 4) is 6.07 Å². The Kier molecular flexibility index (Phi) is 3.64. The first kappa shape index (κ1) is 14.9. The molecule has 3 rings (SSSR count). The molecular formula is C14H9ClN4O4. The number of hydrogen-bond acceptors (Lipinski definition) is 5. The molecule has 1 aromatic heterocycles. The van der Waals surface area contributed by atoms with Crippen LogP contribution in [0.3, 0.4) is 0 Å². The van der Waals surface area contributed by atoms with E-state index in [0.29, 0.717) is 10.6 Å². The summed E-state index contributed by atoms with van der Waals surface area (Å²) in [6, 6.07) is 8.59. The number of fused-ring (bicyclic) bond motifs is 1. The Morgan fingerprint density at radius 3 is 2.70 bits per heavy atom. The molecular weight excluding hydrogens is 324 g/mol. The summed E-state index contributed by atoms with van der Waals surface area (Å²) in [6.07, 6.45) is 2.86. The zero-order chi connectivity index (χ0) is 16.6. The lowest BCUT2D eigenvalue weighted by molar-refractivity contribution is -0.714. The summed E-state index contributed by atoms with van der Waals surface area (Å²) in [6.45, 7) is 0. The van der Waals surface area contributed by atoms with Crippen molar-refractivity contribution in [1.82, 2.24) is 5.16 Å². The van der Waals surface area contributed by atoms with Crippen molar-refractivity contribution in [2.75, 3.05) is 0 Å². The van der Waals surface area contributed by atoms with Crippen molar-refractivity contribution in [1.29, 1.82) is 5.26 Å². The molecule has 0 spiro atoms. The third-order valence-electron chi connectivity index (χ3n) is 3.64. The lowest BCUT2D eigenvalue weighted by Crippen LogP contribution is -2.31. The molecule has 0 saturated carbocycles. The molecule has 0 radical (unpaired) electrons. The topological polar surface area (TPSA) is 125 Å². The van der Waals surface area contributed by atoms with Crippen LogP contribution in [-0.4, -0.2) is 15.8 Å². The van der Waals surface area contributed by atoms with Crippen molar-refractivity contribution in [2.24, 2.45) is 5.92 Å². The van der Waals surface area contributed by atoms with Gasteiger partial charge in [-0.05, 0) is 28.7 Å². The van der Waals surface area contributed by atoms with Crippen molar-refractivity contribution >= 4 is 23.4 Å². The van der Waals surface area contributed by atoms with Crippen LogP contribution in [0.25, 0.3) is 6.08 Å². The minimum atomic E-state index is -0.836. The van der Waals surface area contributed by atoms with Gasteiger partial charge in [0, 0.05) is 5.02 Å². The standard InChI is InChI=1S/C14H9ClN4O4/c15-9-3-1-8(2-4-9)11(7-16)10-5-6-12-13(14(10)18(20)21)17-23-19(12)22/h1-6,10-11,17H. The predicted octanol–water partition coefficient (Wildman–Crippen LogP) is 1.92. The Hall–Kier alpha value is -3.05. The van der Waals surface area contributed by atoms with E-state index in [0.717, 1.165) is 0 Å². The van der Waals surface area contributed by atoms with E-state index in [1.54, 1.807) is 24.3 Å². The Labute approximate surface area is 134 Å². The molecule has 0 saturated heterocycles. The molecule has 2 atom stereocenters. The van der Waals surface area contributed by atoms with E-state index in [1.807, 2.05) is 0 Å². The molecule has 23 heavy (non-hydrogen) atoms. The van der Waals surface area contributed by atoms with Gasteiger partial charge in [0.1, 0.15) is 0 Å². The van der Waals surface area contributed by atoms with Crippen LogP contribution in [0.5, 0.6) is 0 Å². The van der Waals surface area contributed by atoms with E-state index in [-0.39, 0.29) is 21.7 Å². The highest BCUT2D eigenvalue weighted by Crippen LogP contribution is 2.32. The monoisotopic (exact) mass is 332 g/mol. The number of rotatable bonds is 2. The number of H-pyrrole nitrogens is 1. The molecule has 1 aliphatic rings. The molecule has 2 aromatic rings. The summed E-state index contributed by atoms with van der Waals surface area (Å²) in [5.74, 6) is -1.64. The van der Waals surface area contributed by atoms with Gasteiger partial charge in [-0.15, -0.1) is 0 Å². The molecule has 2 unspecified atom stereocenters. The number of halogens is 1. The van der Waals surface area contributed by atoms with Crippen LogP contribution in [0.15, 0.2) is 35.0 Å². The maximum atomic E-state index is 11.5. The lowest BCUT2D eigenvalue weighted by atomic mass is 9.80. The largest absolute Gasteiger partial charge is 0.612 e. The normalized spacial score (nSPS) is 17.4. The summed E-state index contributed by atoms with van der Waals surface area (Å²) in [5, 5.41) is 35.2. The van der Waals surface area contributed by atoms with Crippen molar-refractivity contribution in [2.45, 2.75) is 5.92 Å². The van der Waals surface area contributed by atoms with Gasteiger partial charge in [-0.3, -0.25) is 0 Å². The van der Waals surface area contributed by atoms with Crippen LogP contribution < -0.4 is 4.60 Å². The van der Waals surface area contributed by atoms with Gasteiger partial charge in [-0.1, -0.05) is 39.6 Å². The van der Waals surface area contributed by atoms with Gasteiger partial charge in [0.2, 0.25) is 0 Å². The average Bonchev–Trinajstić information content (AvgIpc) is 2.90. The Morgan fingerprint density at radius 2 is 2.09 bits per heavy atom. The summed E-state index contributed by atoms with van der Waals surface area (Å²) in [4.78, 5) is 10.8. The second-order valence-corrected chi connectivity index (χ2v) is 5.33. The first-order valence-corrected chi connectivity index (χ1v) is 6.90. The van der Waals surface area contributed by atoms with Gasteiger partial charge >= 0.3 is 0 Å².